The average Bonchev–Trinajstić information content (AvgIpc) is 2.34. The Morgan fingerprint density at radius 2 is 2.17 bits per heavy atom. The molecule has 1 aromatic carbocycles. The normalized spacial score (nSPS) is 21.8. The number of hydrogen-bond donors (Lipinski definition) is 1. The lowest BCUT2D eigenvalue weighted by molar-refractivity contribution is 0.386. The largest absolute Gasteiger partial charge is 0.494 e. The third-order valence-electron chi connectivity index (χ3n) is 3.26. The van der Waals surface area contributed by atoms with Crippen LogP contribution >= 0.6 is 0 Å². The summed E-state index contributed by atoms with van der Waals surface area (Å²) in [5.74, 6) is -0.0360. The van der Waals surface area contributed by atoms with Crippen LogP contribution in [0.25, 0.3) is 0 Å². The molecule has 2 rings (SSSR count). The standard InChI is InChI=1S/C15H20FNO/c1-18-15-11-13(9-10-14(15)16)17-12-7-5-3-2-4-6-8-12/h5,7,9-12,17H,2-4,6,8H2,1H3/b7-5+. The molecule has 1 atom stereocenters. The summed E-state index contributed by atoms with van der Waals surface area (Å²) < 4.78 is 18.3. The van der Waals surface area contributed by atoms with Crippen LogP contribution in [0.4, 0.5) is 10.1 Å². The molecule has 1 aromatic rings. The average molecular weight is 249 g/mol. The van der Waals surface area contributed by atoms with Gasteiger partial charge in [-0.1, -0.05) is 25.0 Å². The second-order valence-corrected chi connectivity index (χ2v) is 4.67. The van der Waals surface area contributed by atoms with E-state index in [4.69, 9.17) is 4.74 Å². The lowest BCUT2D eigenvalue weighted by atomic mass is 10.0. The topological polar surface area (TPSA) is 21.3 Å². The first-order valence-electron chi connectivity index (χ1n) is 6.56. The van der Waals surface area contributed by atoms with Gasteiger partial charge in [0, 0.05) is 17.8 Å². The van der Waals surface area contributed by atoms with Crippen LogP contribution in [-0.2, 0) is 0 Å². The van der Waals surface area contributed by atoms with E-state index < -0.39 is 0 Å². The molecule has 0 aromatic heterocycles. The first-order chi connectivity index (χ1) is 8.79. The summed E-state index contributed by atoms with van der Waals surface area (Å²) in [7, 11) is 1.48. The van der Waals surface area contributed by atoms with Crippen molar-refractivity contribution in [2.45, 2.75) is 38.1 Å². The van der Waals surface area contributed by atoms with Gasteiger partial charge in [-0.05, 0) is 31.4 Å². The number of halogens is 1. The zero-order valence-corrected chi connectivity index (χ0v) is 10.8. The fourth-order valence-electron chi connectivity index (χ4n) is 2.24. The minimum atomic E-state index is -0.323. The van der Waals surface area contributed by atoms with Crippen LogP contribution < -0.4 is 10.1 Å². The summed E-state index contributed by atoms with van der Waals surface area (Å²) in [6.45, 7) is 0. The maximum atomic E-state index is 13.3. The van der Waals surface area contributed by atoms with Crippen LogP contribution in [0, 0.1) is 5.82 Å². The van der Waals surface area contributed by atoms with Crippen molar-refractivity contribution in [2.24, 2.45) is 0 Å². The highest BCUT2D eigenvalue weighted by Gasteiger charge is 2.09. The lowest BCUT2D eigenvalue weighted by Gasteiger charge is -2.18. The van der Waals surface area contributed by atoms with Gasteiger partial charge < -0.3 is 10.1 Å². The number of hydrogen-bond acceptors (Lipinski definition) is 2. The number of ether oxygens (including phenoxy) is 1. The van der Waals surface area contributed by atoms with Crippen molar-refractivity contribution in [1.82, 2.24) is 0 Å². The molecular formula is C15H20FNO. The highest BCUT2D eigenvalue weighted by molar-refractivity contribution is 5.50. The first-order valence-corrected chi connectivity index (χ1v) is 6.56. The summed E-state index contributed by atoms with van der Waals surface area (Å²) in [4.78, 5) is 0. The van der Waals surface area contributed by atoms with Crippen LogP contribution in [0.3, 0.4) is 0 Å². The van der Waals surface area contributed by atoms with Gasteiger partial charge >= 0.3 is 0 Å². The first kappa shape index (κ1) is 12.9. The Labute approximate surface area is 108 Å². The van der Waals surface area contributed by atoms with Crippen molar-refractivity contribution < 1.29 is 9.13 Å². The molecule has 0 amide bonds. The molecule has 1 N–H and O–H groups in total. The molecule has 18 heavy (non-hydrogen) atoms. The second-order valence-electron chi connectivity index (χ2n) is 4.67. The van der Waals surface area contributed by atoms with Crippen LogP contribution in [0.15, 0.2) is 30.4 Å². The Kier molecular flexibility index (Phi) is 4.62. The fourth-order valence-corrected chi connectivity index (χ4v) is 2.24. The van der Waals surface area contributed by atoms with E-state index in [1.165, 1.54) is 32.4 Å². The Bertz CT molecular complexity index is 417. The van der Waals surface area contributed by atoms with Crippen LogP contribution in [0.2, 0.25) is 0 Å². The zero-order chi connectivity index (χ0) is 12.8. The van der Waals surface area contributed by atoms with Crippen molar-refractivity contribution in [3.05, 3.63) is 36.2 Å². The van der Waals surface area contributed by atoms with Gasteiger partial charge in [0.15, 0.2) is 11.6 Å². The summed E-state index contributed by atoms with van der Waals surface area (Å²) in [6.07, 6.45) is 10.5. The van der Waals surface area contributed by atoms with Gasteiger partial charge in [0.1, 0.15) is 0 Å². The molecule has 0 saturated heterocycles. The Balaban J connectivity index is 2.05. The van der Waals surface area contributed by atoms with E-state index in [2.05, 4.69) is 17.5 Å². The van der Waals surface area contributed by atoms with E-state index in [1.807, 2.05) is 0 Å². The summed E-state index contributed by atoms with van der Waals surface area (Å²) in [6, 6.07) is 5.24. The van der Waals surface area contributed by atoms with Gasteiger partial charge in [0.05, 0.1) is 7.11 Å². The third kappa shape index (κ3) is 3.49. The molecule has 0 saturated carbocycles. The maximum absolute atomic E-state index is 13.3. The molecule has 1 unspecified atom stereocenters. The van der Waals surface area contributed by atoms with Gasteiger partial charge in [0.25, 0.3) is 0 Å². The van der Waals surface area contributed by atoms with Gasteiger partial charge in [-0.25, -0.2) is 4.39 Å². The molecular weight excluding hydrogens is 229 g/mol. The fraction of sp³-hybridized carbons (Fsp3) is 0.467. The molecule has 0 radical (unpaired) electrons. The Hall–Kier alpha value is -1.51. The molecule has 0 heterocycles. The van der Waals surface area contributed by atoms with E-state index in [-0.39, 0.29) is 11.6 Å². The number of anilines is 1. The molecule has 3 heteroatoms. The molecule has 1 aliphatic carbocycles. The molecule has 2 nitrogen and oxygen atoms in total. The number of nitrogens with one attached hydrogen (secondary N) is 1. The van der Waals surface area contributed by atoms with Crippen molar-refractivity contribution in [3.63, 3.8) is 0 Å². The second kappa shape index (κ2) is 6.43. The van der Waals surface area contributed by atoms with Crippen LogP contribution in [0.1, 0.15) is 32.1 Å². The highest BCUT2D eigenvalue weighted by atomic mass is 19.1. The van der Waals surface area contributed by atoms with Gasteiger partial charge in [-0.3, -0.25) is 0 Å². The molecule has 0 aliphatic heterocycles. The summed E-state index contributed by atoms with van der Waals surface area (Å²) >= 11 is 0. The van der Waals surface area contributed by atoms with E-state index in [1.54, 1.807) is 12.1 Å². The number of rotatable bonds is 3. The zero-order valence-electron chi connectivity index (χ0n) is 10.8. The van der Waals surface area contributed by atoms with Crippen LogP contribution in [-0.4, -0.2) is 13.2 Å². The number of benzene rings is 1. The minimum absolute atomic E-state index is 0.287. The smallest absolute Gasteiger partial charge is 0.165 e. The van der Waals surface area contributed by atoms with E-state index in [0.717, 1.165) is 18.5 Å². The minimum Gasteiger partial charge on any atom is -0.494 e. The van der Waals surface area contributed by atoms with Crippen molar-refractivity contribution >= 4 is 5.69 Å². The van der Waals surface area contributed by atoms with E-state index >= 15 is 0 Å². The maximum Gasteiger partial charge on any atom is 0.165 e. The lowest BCUT2D eigenvalue weighted by Crippen LogP contribution is -2.17. The van der Waals surface area contributed by atoms with Crippen molar-refractivity contribution in [1.29, 1.82) is 0 Å². The Morgan fingerprint density at radius 3 is 3.00 bits per heavy atom. The van der Waals surface area contributed by atoms with Crippen molar-refractivity contribution in [2.75, 3.05) is 12.4 Å². The van der Waals surface area contributed by atoms with Crippen molar-refractivity contribution in [3.8, 4) is 5.75 Å². The molecule has 1 aliphatic rings. The predicted octanol–water partition coefficient (Wildman–Crippen LogP) is 4.14. The van der Waals surface area contributed by atoms with Gasteiger partial charge in [0.2, 0.25) is 0 Å². The monoisotopic (exact) mass is 249 g/mol. The molecule has 0 bridgehead atoms. The highest BCUT2D eigenvalue weighted by Crippen LogP contribution is 2.23. The number of allylic oxidation sites excluding steroid dienone is 1. The van der Waals surface area contributed by atoms with Crippen LogP contribution in [0.5, 0.6) is 5.75 Å². The summed E-state index contributed by atoms with van der Waals surface area (Å²) in [5.41, 5.74) is 0.906. The predicted molar refractivity (Wildman–Crippen MR) is 72.6 cm³/mol. The SMILES string of the molecule is COc1cc(NC2/C=C/CCCCC2)ccc1F. The quantitative estimate of drug-likeness (QED) is 0.813. The number of methoxy groups -OCH3 is 1. The third-order valence-corrected chi connectivity index (χ3v) is 3.26. The van der Waals surface area contributed by atoms with Gasteiger partial charge in [-0.2, -0.15) is 0 Å². The Morgan fingerprint density at radius 1 is 1.28 bits per heavy atom. The molecule has 0 fully saturated rings. The van der Waals surface area contributed by atoms with E-state index in [0.29, 0.717) is 6.04 Å². The summed E-state index contributed by atoms with van der Waals surface area (Å²) in [5, 5.41) is 3.42. The molecule has 98 valence electrons. The molecule has 0 spiro atoms. The van der Waals surface area contributed by atoms with E-state index in [9.17, 15) is 4.39 Å². The van der Waals surface area contributed by atoms with Gasteiger partial charge in [-0.15, -0.1) is 0 Å².